The van der Waals surface area contributed by atoms with E-state index < -0.39 is 0 Å². The Hall–Kier alpha value is -1.46. The van der Waals surface area contributed by atoms with Gasteiger partial charge >= 0.3 is 0 Å². The van der Waals surface area contributed by atoms with E-state index in [1.807, 2.05) is 26.1 Å². The summed E-state index contributed by atoms with van der Waals surface area (Å²) in [5, 5.41) is 6.80. The lowest BCUT2D eigenvalue weighted by Crippen LogP contribution is -2.33. The lowest BCUT2D eigenvalue weighted by molar-refractivity contribution is 0.386. The maximum absolute atomic E-state index is 5.63. The van der Waals surface area contributed by atoms with Crippen LogP contribution in [0, 0.1) is 0 Å². The smallest absolute Gasteiger partial charge is 0.126 e. The maximum Gasteiger partial charge on any atom is 0.126 e. The molecule has 0 aromatic heterocycles. The molecule has 1 heterocycles. The first-order valence-electron chi connectivity index (χ1n) is 11.3. The van der Waals surface area contributed by atoms with E-state index in [2.05, 4.69) is 59.5 Å². The summed E-state index contributed by atoms with van der Waals surface area (Å²) in [4.78, 5) is 0. The zero-order valence-corrected chi connectivity index (χ0v) is 21.5. The maximum atomic E-state index is 5.63. The van der Waals surface area contributed by atoms with E-state index in [9.17, 15) is 0 Å². The quantitative estimate of drug-likeness (QED) is 0.468. The second-order valence-electron chi connectivity index (χ2n) is 7.33. The number of hydrogen-bond acceptors (Lipinski definition) is 4. The lowest BCUT2D eigenvalue weighted by Gasteiger charge is -2.29. The molecule has 0 amide bonds. The second kappa shape index (κ2) is 14.5. The van der Waals surface area contributed by atoms with Crippen LogP contribution in [0.5, 0.6) is 11.5 Å². The molecule has 30 heavy (non-hydrogen) atoms. The van der Waals surface area contributed by atoms with Gasteiger partial charge in [-0.15, -0.1) is 0 Å². The SMILES string of the molecule is CC.CCCNCCC.COc1cc2c(c(OC)c1)C(C)C1NC=C(Br)C=C1CC2. The van der Waals surface area contributed by atoms with Gasteiger partial charge in [0, 0.05) is 28.2 Å². The van der Waals surface area contributed by atoms with Gasteiger partial charge in [-0.1, -0.05) is 34.6 Å². The van der Waals surface area contributed by atoms with Crippen molar-refractivity contribution < 1.29 is 9.47 Å². The molecule has 0 spiro atoms. The average Bonchev–Trinajstić information content (AvgIpc) is 2.91. The van der Waals surface area contributed by atoms with Crippen LogP contribution in [-0.2, 0) is 6.42 Å². The van der Waals surface area contributed by atoms with Gasteiger partial charge in [-0.05, 0) is 78.0 Å². The summed E-state index contributed by atoms with van der Waals surface area (Å²) >= 11 is 3.56. The van der Waals surface area contributed by atoms with Gasteiger partial charge in [0.05, 0.1) is 20.3 Å². The third-order valence-corrected chi connectivity index (χ3v) is 5.73. The highest BCUT2D eigenvalue weighted by Gasteiger charge is 2.31. The molecule has 0 saturated carbocycles. The van der Waals surface area contributed by atoms with Crippen molar-refractivity contribution in [2.45, 2.75) is 72.3 Å². The van der Waals surface area contributed by atoms with E-state index in [0.717, 1.165) is 28.8 Å². The molecule has 0 fully saturated rings. The van der Waals surface area contributed by atoms with Gasteiger partial charge in [-0.25, -0.2) is 0 Å². The number of dihydropyridines is 1. The van der Waals surface area contributed by atoms with Gasteiger partial charge in [0.2, 0.25) is 0 Å². The van der Waals surface area contributed by atoms with Crippen LogP contribution >= 0.6 is 15.9 Å². The van der Waals surface area contributed by atoms with E-state index >= 15 is 0 Å². The first-order chi connectivity index (χ1) is 14.5. The van der Waals surface area contributed by atoms with Crippen molar-refractivity contribution in [3.8, 4) is 11.5 Å². The number of benzene rings is 1. The molecule has 1 aliphatic heterocycles. The predicted molar refractivity (Wildman–Crippen MR) is 133 cm³/mol. The van der Waals surface area contributed by atoms with E-state index in [4.69, 9.17) is 9.47 Å². The van der Waals surface area contributed by atoms with Crippen LogP contribution in [0.3, 0.4) is 0 Å². The summed E-state index contributed by atoms with van der Waals surface area (Å²) in [5.74, 6) is 2.14. The minimum absolute atomic E-state index is 0.329. The molecular formula is C25H41BrN2O2. The Bertz CT molecular complexity index is 697. The van der Waals surface area contributed by atoms with Crippen LogP contribution < -0.4 is 20.1 Å². The van der Waals surface area contributed by atoms with E-state index in [1.54, 1.807) is 14.2 Å². The van der Waals surface area contributed by atoms with Crippen molar-refractivity contribution in [2.24, 2.45) is 0 Å². The highest BCUT2D eigenvalue weighted by atomic mass is 79.9. The monoisotopic (exact) mass is 480 g/mol. The molecule has 2 atom stereocenters. The van der Waals surface area contributed by atoms with Crippen molar-refractivity contribution >= 4 is 15.9 Å². The van der Waals surface area contributed by atoms with Gasteiger partial charge in [-0.3, -0.25) is 0 Å². The molecule has 1 aliphatic carbocycles. The fourth-order valence-electron chi connectivity index (χ4n) is 3.87. The Labute approximate surface area is 192 Å². The number of rotatable bonds is 6. The van der Waals surface area contributed by atoms with Crippen molar-refractivity contribution in [2.75, 3.05) is 27.3 Å². The van der Waals surface area contributed by atoms with Crippen LogP contribution in [0.25, 0.3) is 0 Å². The minimum atomic E-state index is 0.329. The minimum Gasteiger partial charge on any atom is -0.497 e. The van der Waals surface area contributed by atoms with Gasteiger partial charge in [0.25, 0.3) is 0 Å². The molecule has 0 saturated heterocycles. The first kappa shape index (κ1) is 26.6. The number of aryl methyl sites for hydroxylation is 1. The summed E-state index contributed by atoms with van der Waals surface area (Å²) in [7, 11) is 3.43. The van der Waals surface area contributed by atoms with Crippen LogP contribution in [0.1, 0.15) is 70.9 Å². The number of fused-ring (bicyclic) bond motifs is 2. The molecule has 2 unspecified atom stereocenters. The highest BCUT2D eigenvalue weighted by molar-refractivity contribution is 9.11. The fraction of sp³-hybridized carbons (Fsp3) is 0.600. The van der Waals surface area contributed by atoms with Gasteiger partial charge in [-0.2, -0.15) is 0 Å². The zero-order valence-electron chi connectivity index (χ0n) is 19.9. The summed E-state index contributed by atoms with van der Waals surface area (Å²) in [5.41, 5.74) is 4.06. The summed E-state index contributed by atoms with van der Waals surface area (Å²) in [6.07, 6.45) is 8.84. The number of methoxy groups -OCH3 is 2. The summed E-state index contributed by atoms with van der Waals surface area (Å²) in [6, 6.07) is 4.46. The molecule has 0 bridgehead atoms. The molecular weight excluding hydrogens is 440 g/mol. The number of ether oxygens (including phenoxy) is 2. The lowest BCUT2D eigenvalue weighted by atomic mass is 9.87. The largest absolute Gasteiger partial charge is 0.497 e. The van der Waals surface area contributed by atoms with E-state index in [0.29, 0.717) is 12.0 Å². The predicted octanol–water partition coefficient (Wildman–Crippen LogP) is 6.31. The Morgan fingerprint density at radius 3 is 2.30 bits per heavy atom. The molecule has 2 N–H and O–H groups in total. The van der Waals surface area contributed by atoms with Crippen LogP contribution in [-0.4, -0.2) is 33.4 Å². The van der Waals surface area contributed by atoms with Crippen LogP contribution in [0.15, 0.2) is 34.5 Å². The van der Waals surface area contributed by atoms with Gasteiger partial charge in [0.15, 0.2) is 0 Å². The molecule has 2 aliphatic rings. The second-order valence-corrected chi connectivity index (χ2v) is 8.25. The number of nitrogens with one attached hydrogen (secondary N) is 2. The molecule has 0 radical (unpaired) electrons. The van der Waals surface area contributed by atoms with Gasteiger partial charge in [0.1, 0.15) is 11.5 Å². The number of allylic oxidation sites excluding steroid dienone is 2. The Morgan fingerprint density at radius 1 is 1.07 bits per heavy atom. The topological polar surface area (TPSA) is 42.5 Å². The van der Waals surface area contributed by atoms with Crippen molar-refractivity contribution in [1.29, 1.82) is 0 Å². The normalized spacial score (nSPS) is 19.1. The molecule has 1 aromatic rings. The van der Waals surface area contributed by atoms with Crippen LogP contribution in [0.2, 0.25) is 0 Å². The summed E-state index contributed by atoms with van der Waals surface area (Å²) in [6.45, 7) is 13.0. The fourth-order valence-corrected chi connectivity index (χ4v) is 4.30. The Balaban J connectivity index is 0.000000428. The van der Waals surface area contributed by atoms with Crippen molar-refractivity contribution in [3.63, 3.8) is 0 Å². The van der Waals surface area contributed by atoms with E-state index in [-0.39, 0.29) is 0 Å². The van der Waals surface area contributed by atoms with Gasteiger partial charge < -0.3 is 20.1 Å². The number of hydrogen-bond donors (Lipinski definition) is 2. The molecule has 5 heteroatoms. The average molecular weight is 482 g/mol. The molecule has 4 nitrogen and oxygen atoms in total. The van der Waals surface area contributed by atoms with E-state index in [1.165, 1.54) is 42.6 Å². The highest BCUT2D eigenvalue weighted by Crippen LogP contribution is 2.42. The molecule has 170 valence electrons. The first-order valence-corrected chi connectivity index (χ1v) is 12.1. The Kier molecular flexibility index (Phi) is 12.9. The molecule has 1 aromatic carbocycles. The standard InChI is InChI=1S/C17H20BrNO2.C6H15N.C2H6/c1-10-16-11(7-14(20-2)8-15(16)21-3)4-5-12-6-13(18)9-19-17(10)12;1-3-5-7-6-4-2;1-2/h6-10,17,19H,4-5H2,1-3H3;7H,3-6H2,1-2H3;1-2H3. The number of halogens is 1. The molecule has 3 rings (SSSR count). The van der Waals surface area contributed by atoms with Crippen molar-refractivity contribution in [3.05, 3.63) is 45.6 Å². The third kappa shape index (κ3) is 7.35. The van der Waals surface area contributed by atoms with Crippen molar-refractivity contribution in [1.82, 2.24) is 10.6 Å². The summed E-state index contributed by atoms with van der Waals surface area (Å²) < 4.78 is 12.1. The third-order valence-electron chi connectivity index (χ3n) is 5.27. The van der Waals surface area contributed by atoms with Crippen LogP contribution in [0.4, 0.5) is 0 Å². The Morgan fingerprint density at radius 2 is 1.73 bits per heavy atom. The zero-order chi connectivity index (χ0) is 22.5.